The summed E-state index contributed by atoms with van der Waals surface area (Å²) in [6.07, 6.45) is 0. The second kappa shape index (κ2) is 5.26. The van der Waals surface area contributed by atoms with E-state index in [-0.39, 0.29) is 0 Å². The van der Waals surface area contributed by atoms with Crippen molar-refractivity contribution in [1.82, 2.24) is 8.61 Å². The van der Waals surface area contributed by atoms with Crippen LogP contribution < -0.4 is 4.74 Å². The normalized spacial score (nSPS) is 17.1. The summed E-state index contributed by atoms with van der Waals surface area (Å²) in [6, 6.07) is 7.55. The van der Waals surface area contributed by atoms with E-state index in [9.17, 15) is 8.42 Å². The first-order valence-electron chi connectivity index (χ1n) is 5.98. The van der Waals surface area contributed by atoms with E-state index in [1.807, 2.05) is 31.2 Å². The molecule has 5 nitrogen and oxygen atoms in total. The van der Waals surface area contributed by atoms with Crippen molar-refractivity contribution in [3.8, 4) is 5.75 Å². The van der Waals surface area contributed by atoms with Gasteiger partial charge in [-0.05, 0) is 6.07 Å². The van der Waals surface area contributed by atoms with E-state index in [0.717, 1.165) is 11.3 Å². The molecule has 1 aliphatic rings. The minimum atomic E-state index is -3.39. The van der Waals surface area contributed by atoms with Gasteiger partial charge in [-0.3, -0.25) is 0 Å². The third-order valence-corrected chi connectivity index (χ3v) is 5.09. The SMILES string of the molecule is CCN(C)S(=O)(=O)N1CCOc2ccccc2C1. The lowest BCUT2D eigenvalue weighted by molar-refractivity contribution is 0.284. The Labute approximate surface area is 108 Å². The largest absolute Gasteiger partial charge is 0.492 e. The van der Waals surface area contributed by atoms with Crippen molar-refractivity contribution in [2.24, 2.45) is 0 Å². The van der Waals surface area contributed by atoms with Gasteiger partial charge in [0.25, 0.3) is 10.2 Å². The Bertz CT molecular complexity index is 516. The molecule has 0 amide bonds. The van der Waals surface area contributed by atoms with Crippen LogP contribution in [0, 0.1) is 0 Å². The zero-order chi connectivity index (χ0) is 13.2. The average Bonchev–Trinajstić information content (AvgIpc) is 2.60. The van der Waals surface area contributed by atoms with E-state index in [2.05, 4.69) is 0 Å². The zero-order valence-electron chi connectivity index (χ0n) is 10.7. The molecular formula is C12H18N2O3S. The van der Waals surface area contributed by atoms with Gasteiger partial charge in [0.15, 0.2) is 0 Å². The molecule has 100 valence electrons. The maximum absolute atomic E-state index is 12.3. The maximum atomic E-state index is 12.3. The highest BCUT2D eigenvalue weighted by Gasteiger charge is 2.28. The minimum Gasteiger partial charge on any atom is -0.492 e. The average molecular weight is 270 g/mol. The highest BCUT2D eigenvalue weighted by Crippen LogP contribution is 2.24. The monoisotopic (exact) mass is 270 g/mol. The number of fused-ring (bicyclic) bond motifs is 1. The van der Waals surface area contributed by atoms with Gasteiger partial charge in [0.2, 0.25) is 0 Å². The molecule has 0 saturated heterocycles. The van der Waals surface area contributed by atoms with Crippen LogP contribution >= 0.6 is 0 Å². The molecular weight excluding hydrogens is 252 g/mol. The fraction of sp³-hybridized carbons (Fsp3) is 0.500. The number of nitrogens with zero attached hydrogens (tertiary/aromatic N) is 2. The fourth-order valence-corrected chi connectivity index (χ4v) is 3.19. The topological polar surface area (TPSA) is 49.9 Å². The molecule has 0 spiro atoms. The Morgan fingerprint density at radius 3 is 2.83 bits per heavy atom. The van der Waals surface area contributed by atoms with Crippen LogP contribution in [0.1, 0.15) is 12.5 Å². The summed E-state index contributed by atoms with van der Waals surface area (Å²) in [6.45, 7) is 3.40. The van der Waals surface area contributed by atoms with Crippen molar-refractivity contribution < 1.29 is 13.2 Å². The lowest BCUT2D eigenvalue weighted by Gasteiger charge is -2.25. The summed E-state index contributed by atoms with van der Waals surface area (Å²) in [5, 5.41) is 0. The maximum Gasteiger partial charge on any atom is 0.282 e. The Hall–Kier alpha value is -1.11. The summed E-state index contributed by atoms with van der Waals surface area (Å²) in [5.41, 5.74) is 0.906. The summed E-state index contributed by atoms with van der Waals surface area (Å²) >= 11 is 0. The quantitative estimate of drug-likeness (QED) is 0.826. The number of benzene rings is 1. The van der Waals surface area contributed by atoms with E-state index in [4.69, 9.17) is 4.74 Å². The van der Waals surface area contributed by atoms with Crippen LogP contribution in [0.4, 0.5) is 0 Å². The van der Waals surface area contributed by atoms with Gasteiger partial charge in [0, 0.05) is 32.2 Å². The van der Waals surface area contributed by atoms with Crippen LogP contribution in [0.3, 0.4) is 0 Å². The standard InChI is InChI=1S/C12H18N2O3S/c1-3-13(2)18(15,16)14-8-9-17-12-7-5-4-6-11(12)10-14/h4-7H,3,8-10H2,1-2H3. The molecule has 1 aromatic rings. The lowest BCUT2D eigenvalue weighted by Crippen LogP contribution is -2.42. The van der Waals surface area contributed by atoms with Crippen molar-refractivity contribution in [2.45, 2.75) is 13.5 Å². The molecule has 2 rings (SSSR count). The van der Waals surface area contributed by atoms with Gasteiger partial charge < -0.3 is 4.74 Å². The minimum absolute atomic E-state index is 0.364. The second-order valence-electron chi connectivity index (χ2n) is 4.21. The Balaban J connectivity index is 2.28. The molecule has 0 fully saturated rings. The third kappa shape index (κ3) is 2.50. The number of hydrogen-bond acceptors (Lipinski definition) is 3. The molecule has 1 heterocycles. The Morgan fingerprint density at radius 2 is 2.11 bits per heavy atom. The van der Waals surface area contributed by atoms with Gasteiger partial charge in [-0.2, -0.15) is 17.0 Å². The lowest BCUT2D eigenvalue weighted by atomic mass is 10.2. The van der Waals surface area contributed by atoms with Gasteiger partial charge in [0.05, 0.1) is 0 Å². The summed E-state index contributed by atoms with van der Waals surface area (Å²) < 4.78 is 32.9. The molecule has 18 heavy (non-hydrogen) atoms. The van der Waals surface area contributed by atoms with Crippen molar-refractivity contribution in [1.29, 1.82) is 0 Å². The number of para-hydroxylation sites is 1. The molecule has 6 heteroatoms. The van der Waals surface area contributed by atoms with Crippen molar-refractivity contribution in [3.63, 3.8) is 0 Å². The van der Waals surface area contributed by atoms with Crippen molar-refractivity contribution >= 4 is 10.2 Å². The van der Waals surface area contributed by atoms with Gasteiger partial charge in [-0.15, -0.1) is 0 Å². The van der Waals surface area contributed by atoms with E-state index in [1.165, 1.54) is 8.61 Å². The number of hydrogen-bond donors (Lipinski definition) is 0. The van der Waals surface area contributed by atoms with E-state index in [0.29, 0.717) is 26.2 Å². The van der Waals surface area contributed by atoms with Crippen LogP contribution in [0.15, 0.2) is 24.3 Å². The second-order valence-corrected chi connectivity index (χ2v) is 6.25. The third-order valence-electron chi connectivity index (χ3n) is 3.08. The van der Waals surface area contributed by atoms with E-state index in [1.54, 1.807) is 7.05 Å². The number of ether oxygens (including phenoxy) is 1. The van der Waals surface area contributed by atoms with Crippen molar-refractivity contribution in [3.05, 3.63) is 29.8 Å². The molecule has 1 aliphatic heterocycles. The van der Waals surface area contributed by atoms with Gasteiger partial charge in [0.1, 0.15) is 12.4 Å². The van der Waals surface area contributed by atoms with Crippen molar-refractivity contribution in [2.75, 3.05) is 26.7 Å². The van der Waals surface area contributed by atoms with Crippen LogP contribution in [0.5, 0.6) is 5.75 Å². The smallest absolute Gasteiger partial charge is 0.282 e. The predicted octanol–water partition coefficient (Wildman–Crippen LogP) is 1.08. The predicted molar refractivity (Wildman–Crippen MR) is 69.6 cm³/mol. The Kier molecular flexibility index (Phi) is 3.89. The zero-order valence-corrected chi connectivity index (χ0v) is 11.5. The molecule has 0 aliphatic carbocycles. The molecule has 0 unspecified atom stereocenters. The first kappa shape index (κ1) is 13.3. The first-order chi connectivity index (χ1) is 8.55. The van der Waals surface area contributed by atoms with E-state index >= 15 is 0 Å². The first-order valence-corrected chi connectivity index (χ1v) is 7.37. The molecule has 0 bridgehead atoms. The van der Waals surface area contributed by atoms with Crippen LogP contribution in [0.2, 0.25) is 0 Å². The highest BCUT2D eigenvalue weighted by atomic mass is 32.2. The summed E-state index contributed by atoms with van der Waals surface area (Å²) in [4.78, 5) is 0. The van der Waals surface area contributed by atoms with Gasteiger partial charge in [-0.25, -0.2) is 0 Å². The van der Waals surface area contributed by atoms with E-state index < -0.39 is 10.2 Å². The van der Waals surface area contributed by atoms with Gasteiger partial charge >= 0.3 is 0 Å². The molecule has 0 radical (unpaired) electrons. The number of rotatable bonds is 3. The van der Waals surface area contributed by atoms with Crippen LogP contribution in [-0.2, 0) is 16.8 Å². The molecule has 1 aromatic carbocycles. The molecule has 0 N–H and O–H groups in total. The Morgan fingerprint density at radius 1 is 1.39 bits per heavy atom. The molecule has 0 aromatic heterocycles. The van der Waals surface area contributed by atoms with Gasteiger partial charge in [-0.1, -0.05) is 25.1 Å². The fourth-order valence-electron chi connectivity index (χ4n) is 1.86. The molecule has 0 saturated carbocycles. The molecule has 0 atom stereocenters. The summed E-state index contributed by atoms with van der Waals surface area (Å²) in [7, 11) is -1.80. The summed E-state index contributed by atoms with van der Waals surface area (Å²) in [5.74, 6) is 0.773. The van der Waals surface area contributed by atoms with Crippen LogP contribution in [-0.4, -0.2) is 43.8 Å². The van der Waals surface area contributed by atoms with Crippen LogP contribution in [0.25, 0.3) is 0 Å². The highest BCUT2D eigenvalue weighted by molar-refractivity contribution is 7.86.